The van der Waals surface area contributed by atoms with Crippen molar-refractivity contribution in [3.63, 3.8) is 0 Å². The van der Waals surface area contributed by atoms with E-state index in [0.29, 0.717) is 31.2 Å². The second kappa shape index (κ2) is 7.24. The fourth-order valence-electron chi connectivity index (χ4n) is 1.80. The second-order valence-electron chi connectivity index (χ2n) is 4.69. The summed E-state index contributed by atoms with van der Waals surface area (Å²) in [5.41, 5.74) is 0.580. The number of hydrogen-bond acceptors (Lipinski definition) is 4. The van der Waals surface area contributed by atoms with Gasteiger partial charge >= 0.3 is 0 Å². The third kappa shape index (κ3) is 3.93. The van der Waals surface area contributed by atoms with Crippen molar-refractivity contribution >= 4 is 11.6 Å². The molecule has 0 bridgehead atoms. The van der Waals surface area contributed by atoms with Crippen molar-refractivity contribution in [1.82, 2.24) is 4.98 Å². The minimum Gasteiger partial charge on any atom is -0.478 e. The van der Waals surface area contributed by atoms with Gasteiger partial charge in [-0.15, -0.1) is 0 Å². The van der Waals surface area contributed by atoms with Crippen LogP contribution in [0.2, 0.25) is 0 Å². The standard InChI is InChI=1S/C15H24N2O3/c1-6-15(5,20-8-3)14(18)17-12-9-10-13(19-7-2)16-11(12)4/h9-10H,6-8H2,1-5H3,(H,17,18)/t15-/m0/s1. The monoisotopic (exact) mass is 280 g/mol. The van der Waals surface area contributed by atoms with Gasteiger partial charge in [-0.2, -0.15) is 0 Å². The summed E-state index contributed by atoms with van der Waals surface area (Å²) in [6.07, 6.45) is 0.607. The van der Waals surface area contributed by atoms with Gasteiger partial charge in [0, 0.05) is 12.7 Å². The number of rotatable bonds is 7. The van der Waals surface area contributed by atoms with E-state index in [-0.39, 0.29) is 5.91 Å². The quantitative estimate of drug-likeness (QED) is 0.834. The summed E-state index contributed by atoms with van der Waals surface area (Å²) in [7, 11) is 0. The predicted molar refractivity (Wildman–Crippen MR) is 79.1 cm³/mol. The molecule has 5 heteroatoms. The lowest BCUT2D eigenvalue weighted by atomic mass is 10.0. The maximum atomic E-state index is 12.3. The van der Waals surface area contributed by atoms with Crippen LogP contribution in [-0.4, -0.2) is 29.7 Å². The Bertz CT molecular complexity index is 462. The highest BCUT2D eigenvalue weighted by atomic mass is 16.5. The first-order chi connectivity index (χ1) is 9.46. The summed E-state index contributed by atoms with van der Waals surface area (Å²) in [6, 6.07) is 3.54. The molecule has 1 atom stereocenters. The Hall–Kier alpha value is -1.62. The highest BCUT2D eigenvalue weighted by Crippen LogP contribution is 2.21. The van der Waals surface area contributed by atoms with E-state index in [0.717, 1.165) is 5.69 Å². The molecule has 0 unspecified atom stereocenters. The summed E-state index contributed by atoms with van der Waals surface area (Å²) in [6.45, 7) is 10.4. The Morgan fingerprint density at radius 1 is 1.30 bits per heavy atom. The lowest BCUT2D eigenvalue weighted by molar-refractivity contribution is -0.139. The van der Waals surface area contributed by atoms with Crippen LogP contribution in [0.3, 0.4) is 0 Å². The van der Waals surface area contributed by atoms with E-state index in [2.05, 4.69) is 10.3 Å². The number of hydrogen-bond donors (Lipinski definition) is 1. The number of pyridine rings is 1. The van der Waals surface area contributed by atoms with Gasteiger partial charge < -0.3 is 14.8 Å². The summed E-state index contributed by atoms with van der Waals surface area (Å²) < 4.78 is 10.9. The number of aryl methyl sites for hydroxylation is 1. The molecule has 1 heterocycles. The molecule has 0 radical (unpaired) electrons. The number of carbonyl (C=O) groups excluding carboxylic acids is 1. The SMILES string of the molecule is CCOc1ccc(NC(=O)[C@](C)(CC)OCC)c(C)n1. The first kappa shape index (κ1) is 16.4. The molecule has 0 saturated carbocycles. The molecule has 0 aliphatic rings. The molecule has 5 nitrogen and oxygen atoms in total. The van der Waals surface area contributed by atoms with Crippen molar-refractivity contribution in [3.05, 3.63) is 17.8 Å². The maximum absolute atomic E-state index is 12.3. The molecular weight excluding hydrogens is 256 g/mol. The molecule has 112 valence electrons. The van der Waals surface area contributed by atoms with Crippen molar-refractivity contribution in [3.8, 4) is 5.88 Å². The lowest BCUT2D eigenvalue weighted by Crippen LogP contribution is -2.42. The van der Waals surface area contributed by atoms with Crippen LogP contribution in [0.5, 0.6) is 5.88 Å². The van der Waals surface area contributed by atoms with Crippen molar-refractivity contribution in [1.29, 1.82) is 0 Å². The summed E-state index contributed by atoms with van der Waals surface area (Å²) in [4.78, 5) is 16.6. The first-order valence-electron chi connectivity index (χ1n) is 7.02. The van der Waals surface area contributed by atoms with E-state index in [1.807, 2.05) is 27.7 Å². The first-order valence-corrected chi connectivity index (χ1v) is 7.02. The average Bonchev–Trinajstić information content (AvgIpc) is 2.42. The van der Waals surface area contributed by atoms with E-state index >= 15 is 0 Å². The fraction of sp³-hybridized carbons (Fsp3) is 0.600. The molecule has 1 aromatic heterocycles. The molecule has 1 amide bonds. The molecule has 1 rings (SSSR count). The van der Waals surface area contributed by atoms with E-state index in [1.54, 1.807) is 19.1 Å². The van der Waals surface area contributed by atoms with Crippen LogP contribution >= 0.6 is 0 Å². The van der Waals surface area contributed by atoms with Gasteiger partial charge in [0.1, 0.15) is 5.60 Å². The molecule has 0 aromatic carbocycles. The summed E-state index contributed by atoms with van der Waals surface area (Å²) >= 11 is 0. The normalized spacial score (nSPS) is 13.7. The molecular formula is C15H24N2O3. The van der Waals surface area contributed by atoms with Crippen molar-refractivity contribution in [2.75, 3.05) is 18.5 Å². The number of ether oxygens (including phenoxy) is 2. The van der Waals surface area contributed by atoms with Gasteiger partial charge in [-0.25, -0.2) is 4.98 Å². The van der Waals surface area contributed by atoms with Crippen LogP contribution in [-0.2, 0) is 9.53 Å². The Labute approximate surface area is 120 Å². The molecule has 20 heavy (non-hydrogen) atoms. The van der Waals surface area contributed by atoms with Gasteiger partial charge in [0.25, 0.3) is 5.91 Å². The number of anilines is 1. The van der Waals surface area contributed by atoms with Gasteiger partial charge in [0.15, 0.2) is 0 Å². The molecule has 0 fully saturated rings. The lowest BCUT2D eigenvalue weighted by Gasteiger charge is -2.27. The van der Waals surface area contributed by atoms with Crippen molar-refractivity contribution < 1.29 is 14.3 Å². The molecule has 0 aliphatic heterocycles. The Morgan fingerprint density at radius 3 is 2.50 bits per heavy atom. The van der Waals surface area contributed by atoms with Crippen LogP contribution in [0.25, 0.3) is 0 Å². The third-order valence-corrected chi connectivity index (χ3v) is 3.22. The zero-order valence-electron chi connectivity index (χ0n) is 12.9. The smallest absolute Gasteiger partial charge is 0.256 e. The van der Waals surface area contributed by atoms with Crippen LogP contribution < -0.4 is 10.1 Å². The highest BCUT2D eigenvalue weighted by molar-refractivity contribution is 5.97. The van der Waals surface area contributed by atoms with Crippen molar-refractivity contribution in [2.24, 2.45) is 0 Å². The topological polar surface area (TPSA) is 60.5 Å². The minimum absolute atomic E-state index is 0.157. The molecule has 0 aliphatic carbocycles. The van der Waals surface area contributed by atoms with Gasteiger partial charge in [0.2, 0.25) is 5.88 Å². The maximum Gasteiger partial charge on any atom is 0.256 e. The van der Waals surface area contributed by atoms with E-state index in [9.17, 15) is 4.79 Å². The van der Waals surface area contributed by atoms with Crippen LogP contribution in [0.15, 0.2) is 12.1 Å². The van der Waals surface area contributed by atoms with Crippen LogP contribution in [0.1, 0.15) is 39.8 Å². The Morgan fingerprint density at radius 2 is 2.00 bits per heavy atom. The predicted octanol–water partition coefficient (Wildman–Crippen LogP) is 2.93. The van der Waals surface area contributed by atoms with Gasteiger partial charge in [0.05, 0.1) is 18.0 Å². The Balaban J connectivity index is 2.85. The van der Waals surface area contributed by atoms with E-state index < -0.39 is 5.60 Å². The van der Waals surface area contributed by atoms with Crippen LogP contribution in [0.4, 0.5) is 5.69 Å². The molecule has 0 saturated heterocycles. The second-order valence-corrected chi connectivity index (χ2v) is 4.69. The fourth-order valence-corrected chi connectivity index (χ4v) is 1.80. The Kier molecular flexibility index (Phi) is 5.95. The van der Waals surface area contributed by atoms with Crippen molar-refractivity contribution in [2.45, 2.75) is 46.6 Å². The van der Waals surface area contributed by atoms with Crippen LogP contribution in [0, 0.1) is 6.92 Å². The van der Waals surface area contributed by atoms with E-state index in [4.69, 9.17) is 9.47 Å². The summed E-state index contributed by atoms with van der Waals surface area (Å²) in [5.74, 6) is 0.405. The third-order valence-electron chi connectivity index (χ3n) is 3.22. The van der Waals surface area contributed by atoms with Gasteiger partial charge in [-0.05, 0) is 40.2 Å². The number of amides is 1. The minimum atomic E-state index is -0.820. The highest BCUT2D eigenvalue weighted by Gasteiger charge is 2.32. The van der Waals surface area contributed by atoms with Gasteiger partial charge in [-0.3, -0.25) is 4.79 Å². The average molecular weight is 280 g/mol. The molecule has 1 N–H and O–H groups in total. The number of carbonyl (C=O) groups is 1. The number of aromatic nitrogens is 1. The molecule has 0 spiro atoms. The van der Waals surface area contributed by atoms with E-state index in [1.165, 1.54) is 0 Å². The largest absolute Gasteiger partial charge is 0.478 e. The zero-order chi connectivity index (χ0) is 15.2. The zero-order valence-corrected chi connectivity index (χ0v) is 12.9. The molecule has 1 aromatic rings. The van der Waals surface area contributed by atoms with Gasteiger partial charge in [-0.1, -0.05) is 6.92 Å². The number of nitrogens with one attached hydrogen (secondary N) is 1. The summed E-state index contributed by atoms with van der Waals surface area (Å²) in [5, 5.41) is 2.87. The number of nitrogens with zero attached hydrogens (tertiary/aromatic N) is 1.